The monoisotopic (exact) mass is 411 g/mol. The maximum Gasteiger partial charge on any atom is 0.446 e. The zero-order chi connectivity index (χ0) is 20.6. The fourth-order valence-corrected chi connectivity index (χ4v) is 3.18. The summed E-state index contributed by atoms with van der Waals surface area (Å²) in [4.78, 5) is 31.5. The van der Waals surface area contributed by atoms with Gasteiger partial charge in [0.15, 0.2) is 5.82 Å². The number of methoxy groups -OCH3 is 1. The number of fused-ring (bicyclic) bond motifs is 1. The number of aromatic carboxylic acids is 1. The number of carbonyl (C=O) groups is 2. The number of nitrogens with zero attached hydrogens (tertiary/aromatic N) is 3. The molecule has 0 saturated carbocycles. The Morgan fingerprint density at radius 3 is 2.50 bits per heavy atom. The van der Waals surface area contributed by atoms with Crippen LogP contribution >= 0.6 is 11.8 Å². The van der Waals surface area contributed by atoms with Crippen LogP contribution < -0.4 is 0 Å². The molecule has 0 aliphatic heterocycles. The van der Waals surface area contributed by atoms with Gasteiger partial charge in [0, 0.05) is 11.9 Å². The van der Waals surface area contributed by atoms with Crippen molar-refractivity contribution in [2.45, 2.75) is 10.4 Å². The topological polar surface area (TPSA) is 94.3 Å². The zero-order valence-corrected chi connectivity index (χ0v) is 15.3. The summed E-state index contributed by atoms with van der Waals surface area (Å²) in [6, 6.07) is 6.40. The molecule has 0 amide bonds. The number of benzene rings is 1. The molecule has 1 aromatic carbocycles. The lowest BCUT2D eigenvalue weighted by atomic mass is 10.1. The second-order valence-corrected chi connectivity index (χ2v) is 6.72. The molecule has 0 radical (unpaired) electrons. The Bertz CT molecular complexity index is 1100. The van der Waals surface area contributed by atoms with E-state index in [2.05, 4.69) is 14.7 Å². The van der Waals surface area contributed by atoms with Gasteiger partial charge in [-0.25, -0.2) is 19.6 Å². The molecular formula is C17H12F3N3O4S. The SMILES string of the molecule is COC(=O)c1ccc(C(=O)O)c(-c2nc3cc(SC(F)(F)F)ccc3n2C)n1. The molecule has 2 heterocycles. The van der Waals surface area contributed by atoms with E-state index in [0.717, 1.165) is 7.11 Å². The van der Waals surface area contributed by atoms with E-state index in [1.165, 1.54) is 34.9 Å². The van der Waals surface area contributed by atoms with Crippen molar-refractivity contribution in [2.24, 2.45) is 7.05 Å². The molecule has 1 N–H and O–H groups in total. The van der Waals surface area contributed by atoms with Gasteiger partial charge in [-0.2, -0.15) is 13.2 Å². The predicted molar refractivity (Wildman–Crippen MR) is 94.2 cm³/mol. The molecule has 0 atom stereocenters. The first-order chi connectivity index (χ1) is 13.1. The van der Waals surface area contributed by atoms with Crippen LogP contribution in [0.4, 0.5) is 13.2 Å². The van der Waals surface area contributed by atoms with E-state index >= 15 is 0 Å². The Kier molecular flexibility index (Phi) is 5.02. The van der Waals surface area contributed by atoms with Crippen LogP contribution in [0, 0.1) is 0 Å². The van der Waals surface area contributed by atoms with Crippen molar-refractivity contribution in [3.05, 3.63) is 41.6 Å². The van der Waals surface area contributed by atoms with Crippen LogP contribution in [-0.2, 0) is 11.8 Å². The number of thioether (sulfide) groups is 1. The third kappa shape index (κ3) is 3.79. The first kappa shape index (κ1) is 19.7. The molecule has 11 heteroatoms. The average Bonchev–Trinajstić information content (AvgIpc) is 2.95. The number of aromatic nitrogens is 3. The third-order valence-corrected chi connectivity index (χ3v) is 4.54. The van der Waals surface area contributed by atoms with E-state index in [0.29, 0.717) is 5.52 Å². The molecule has 0 aliphatic rings. The largest absolute Gasteiger partial charge is 0.478 e. The van der Waals surface area contributed by atoms with Gasteiger partial charge in [-0.05, 0) is 42.1 Å². The Balaban J connectivity index is 2.18. The summed E-state index contributed by atoms with van der Waals surface area (Å²) in [6.07, 6.45) is 0. The molecule has 7 nitrogen and oxygen atoms in total. The van der Waals surface area contributed by atoms with Crippen molar-refractivity contribution >= 4 is 34.7 Å². The maximum absolute atomic E-state index is 12.6. The molecule has 0 aliphatic carbocycles. The summed E-state index contributed by atoms with van der Waals surface area (Å²) in [5, 5.41) is 9.43. The second-order valence-electron chi connectivity index (χ2n) is 5.58. The van der Waals surface area contributed by atoms with Crippen molar-refractivity contribution < 1.29 is 32.6 Å². The lowest BCUT2D eigenvalue weighted by Gasteiger charge is -2.07. The molecule has 3 rings (SSSR count). The van der Waals surface area contributed by atoms with Gasteiger partial charge in [0.2, 0.25) is 0 Å². The first-order valence-corrected chi connectivity index (χ1v) is 8.47. The number of pyridine rings is 1. The molecule has 146 valence electrons. The van der Waals surface area contributed by atoms with Crippen molar-refractivity contribution in [1.29, 1.82) is 0 Å². The van der Waals surface area contributed by atoms with Gasteiger partial charge in [-0.15, -0.1) is 0 Å². The summed E-state index contributed by atoms with van der Waals surface area (Å²) in [5.41, 5.74) is -4.17. The van der Waals surface area contributed by atoms with E-state index in [4.69, 9.17) is 0 Å². The number of ether oxygens (including phenoxy) is 1. The van der Waals surface area contributed by atoms with Gasteiger partial charge in [0.05, 0.1) is 23.7 Å². The number of alkyl halides is 3. The van der Waals surface area contributed by atoms with Gasteiger partial charge in [-0.1, -0.05) is 0 Å². The van der Waals surface area contributed by atoms with Crippen LogP contribution in [0.1, 0.15) is 20.8 Å². The van der Waals surface area contributed by atoms with E-state index in [1.807, 2.05) is 0 Å². The predicted octanol–water partition coefficient (Wildman–Crippen LogP) is 3.73. The average molecular weight is 411 g/mol. The molecule has 0 unspecified atom stereocenters. The smallest absolute Gasteiger partial charge is 0.446 e. The summed E-state index contributed by atoms with van der Waals surface area (Å²) in [7, 11) is 2.73. The number of rotatable bonds is 4. The molecule has 0 saturated heterocycles. The molecule has 3 aromatic rings. The van der Waals surface area contributed by atoms with E-state index in [-0.39, 0.29) is 44.9 Å². The van der Waals surface area contributed by atoms with Crippen LogP contribution in [0.3, 0.4) is 0 Å². The Hall–Kier alpha value is -3.08. The second kappa shape index (κ2) is 7.15. The zero-order valence-electron chi connectivity index (χ0n) is 14.4. The lowest BCUT2D eigenvalue weighted by molar-refractivity contribution is -0.0328. The Morgan fingerprint density at radius 2 is 1.89 bits per heavy atom. The number of aryl methyl sites for hydroxylation is 1. The standard InChI is InChI=1S/C17H12F3N3O4S/c1-23-12-6-3-8(28-17(18,19)20)7-11(12)22-14(23)13-9(15(24)25)4-5-10(21-13)16(26)27-2/h3-7H,1-2H3,(H,24,25). The fourth-order valence-electron chi connectivity index (χ4n) is 2.61. The van der Waals surface area contributed by atoms with Gasteiger partial charge in [-0.3, -0.25) is 0 Å². The highest BCUT2D eigenvalue weighted by molar-refractivity contribution is 8.00. The summed E-state index contributed by atoms with van der Waals surface area (Å²) >= 11 is -0.276. The summed E-state index contributed by atoms with van der Waals surface area (Å²) in [6.45, 7) is 0. The highest BCUT2D eigenvalue weighted by Gasteiger charge is 2.29. The molecule has 0 spiro atoms. The number of hydrogen-bond acceptors (Lipinski definition) is 6. The number of carbonyl (C=O) groups excluding carboxylic acids is 1. The highest BCUT2D eigenvalue weighted by atomic mass is 32.2. The van der Waals surface area contributed by atoms with Gasteiger partial charge < -0.3 is 14.4 Å². The molecule has 28 heavy (non-hydrogen) atoms. The van der Waals surface area contributed by atoms with E-state index < -0.39 is 17.4 Å². The van der Waals surface area contributed by atoms with Crippen LogP contribution in [0.5, 0.6) is 0 Å². The Morgan fingerprint density at radius 1 is 1.18 bits per heavy atom. The van der Waals surface area contributed by atoms with Crippen LogP contribution in [0.15, 0.2) is 35.2 Å². The molecule has 0 fully saturated rings. The number of hydrogen-bond donors (Lipinski definition) is 1. The van der Waals surface area contributed by atoms with Gasteiger partial charge in [0.25, 0.3) is 0 Å². The maximum atomic E-state index is 12.6. The number of carboxylic acids is 1. The van der Waals surface area contributed by atoms with Crippen molar-refractivity contribution in [3.63, 3.8) is 0 Å². The number of carboxylic acid groups (broad SMARTS) is 1. The van der Waals surface area contributed by atoms with Crippen LogP contribution in [0.2, 0.25) is 0 Å². The number of esters is 1. The van der Waals surface area contributed by atoms with Crippen LogP contribution in [0.25, 0.3) is 22.6 Å². The molecule has 0 bridgehead atoms. The minimum Gasteiger partial charge on any atom is -0.478 e. The van der Waals surface area contributed by atoms with E-state index in [9.17, 15) is 27.9 Å². The Labute approximate surface area is 160 Å². The van der Waals surface area contributed by atoms with Crippen molar-refractivity contribution in [1.82, 2.24) is 14.5 Å². The summed E-state index contributed by atoms with van der Waals surface area (Å²) in [5.74, 6) is -1.97. The minimum absolute atomic E-state index is 0.0561. The van der Waals surface area contributed by atoms with Crippen molar-refractivity contribution in [2.75, 3.05) is 7.11 Å². The minimum atomic E-state index is -4.45. The number of halogens is 3. The van der Waals surface area contributed by atoms with Crippen LogP contribution in [-0.4, -0.2) is 44.2 Å². The molecular weight excluding hydrogens is 399 g/mol. The molecule has 2 aromatic heterocycles. The fraction of sp³-hybridized carbons (Fsp3) is 0.176. The van der Waals surface area contributed by atoms with E-state index in [1.54, 1.807) is 7.05 Å². The quantitative estimate of drug-likeness (QED) is 0.516. The van der Waals surface area contributed by atoms with Gasteiger partial charge in [0.1, 0.15) is 11.4 Å². The summed E-state index contributed by atoms with van der Waals surface area (Å²) < 4.78 is 43.9. The third-order valence-electron chi connectivity index (χ3n) is 3.82. The highest BCUT2D eigenvalue weighted by Crippen LogP contribution is 2.38. The first-order valence-electron chi connectivity index (χ1n) is 7.66. The van der Waals surface area contributed by atoms with Crippen molar-refractivity contribution in [3.8, 4) is 11.5 Å². The normalized spacial score (nSPS) is 11.6. The number of imidazole rings is 1. The lowest BCUT2D eigenvalue weighted by Crippen LogP contribution is -2.10. The van der Waals surface area contributed by atoms with Gasteiger partial charge >= 0.3 is 17.4 Å².